The molecule has 0 aliphatic rings. The number of hydrogen-bond acceptors (Lipinski definition) is 6. The molecule has 0 aliphatic heterocycles. The first-order valence-corrected chi connectivity index (χ1v) is 10.2. The van der Waals surface area contributed by atoms with E-state index in [0.717, 1.165) is 11.0 Å². The van der Waals surface area contributed by atoms with Crippen LogP contribution in [0.5, 0.6) is 5.75 Å². The van der Waals surface area contributed by atoms with Crippen LogP contribution < -0.4 is 4.74 Å². The second-order valence-electron chi connectivity index (χ2n) is 5.67. The van der Waals surface area contributed by atoms with Crippen molar-refractivity contribution in [3.05, 3.63) is 24.3 Å². The summed E-state index contributed by atoms with van der Waals surface area (Å²) in [6.07, 6.45) is 0. The molecule has 0 N–H and O–H groups in total. The number of alkyl halides is 3. The first-order chi connectivity index (χ1) is 10.9. The lowest BCUT2D eigenvalue weighted by Crippen LogP contribution is -2.38. The van der Waals surface area contributed by atoms with Gasteiger partial charge in [-0.2, -0.15) is 13.2 Å². The fourth-order valence-electron chi connectivity index (χ4n) is 1.14. The van der Waals surface area contributed by atoms with Crippen LogP contribution in [0.1, 0.15) is 0 Å². The molecular weight excluding hydrogens is 411 g/mol. The fourth-order valence-corrected chi connectivity index (χ4v) is 1.91. The van der Waals surface area contributed by atoms with Crippen molar-refractivity contribution in [1.82, 2.24) is 0 Å². The van der Waals surface area contributed by atoms with Crippen molar-refractivity contribution in [3.8, 4) is 5.75 Å². The molecule has 0 aliphatic carbocycles. The van der Waals surface area contributed by atoms with Crippen LogP contribution in [0.25, 0.3) is 0 Å². The lowest BCUT2D eigenvalue weighted by molar-refractivity contribution is -0.870. The van der Waals surface area contributed by atoms with Gasteiger partial charge in [0.1, 0.15) is 18.9 Å². The lowest BCUT2D eigenvalue weighted by atomic mass is 10.3. The molecule has 0 fully saturated rings. The number of quaternary nitrogens is 1. The molecule has 13 heteroatoms. The zero-order valence-corrected chi connectivity index (χ0v) is 15.8. The topological polar surface area (TPSA) is 101 Å². The normalized spacial score (nSPS) is 13.0. The quantitative estimate of drug-likeness (QED) is 0.307. The van der Waals surface area contributed by atoms with E-state index in [9.17, 15) is 21.6 Å². The molecule has 7 nitrogen and oxygen atoms in total. The van der Waals surface area contributed by atoms with Crippen LogP contribution in [-0.4, -0.2) is 65.7 Å². The second-order valence-corrected chi connectivity index (χ2v) is 9.61. The van der Waals surface area contributed by atoms with Crippen molar-refractivity contribution < 1.29 is 43.8 Å². The summed E-state index contributed by atoms with van der Waals surface area (Å²) in [4.78, 5) is 0.0816. The fraction of sp³-hybridized carbons (Fsp3) is 0.500. The summed E-state index contributed by atoms with van der Waals surface area (Å²) in [5.74, 6) is 0.641. The van der Waals surface area contributed by atoms with Crippen molar-refractivity contribution in [2.45, 2.75) is 10.4 Å². The Bertz CT molecular complexity index is 756. The van der Waals surface area contributed by atoms with E-state index in [1.54, 1.807) is 12.1 Å². The molecule has 146 valence electrons. The van der Waals surface area contributed by atoms with Crippen LogP contribution in [0.4, 0.5) is 13.2 Å². The van der Waals surface area contributed by atoms with Gasteiger partial charge >= 0.3 is 5.51 Å². The maximum absolute atomic E-state index is 11.0. The van der Waals surface area contributed by atoms with Gasteiger partial charge in [0.2, 0.25) is 0 Å². The van der Waals surface area contributed by atoms with Gasteiger partial charge in [-0.05, 0) is 24.3 Å². The standard InChI is InChI=1S/C11H17ClNO3S.CHF3O3S/c1-13(2,3)8-9-16-10-4-6-11(7-5-10)17(12,14)15;2-1(3,4)8(5,6)7/h4-7H,8-9H2,1-3H3;(H,5,6,7)/q+1;/p-1. The van der Waals surface area contributed by atoms with Gasteiger partial charge < -0.3 is 13.8 Å². The first-order valence-electron chi connectivity index (χ1n) is 6.43. The number of likely N-dealkylation sites (N-methyl/N-ethyl adjacent to an activating group) is 1. The SMILES string of the molecule is C[N+](C)(C)CCOc1ccc(S(=O)(=O)Cl)cc1.O=S(=O)([O-])C(F)(F)F. The van der Waals surface area contributed by atoms with Crippen LogP contribution in [0.3, 0.4) is 0 Å². The predicted molar refractivity (Wildman–Crippen MR) is 83.6 cm³/mol. The average molecular weight is 428 g/mol. The summed E-state index contributed by atoms with van der Waals surface area (Å²) >= 11 is 0. The van der Waals surface area contributed by atoms with Gasteiger partial charge in [0.25, 0.3) is 9.05 Å². The highest BCUT2D eigenvalue weighted by Crippen LogP contribution is 2.20. The minimum atomic E-state index is -6.09. The minimum Gasteiger partial charge on any atom is -0.741 e. The molecule has 0 bridgehead atoms. The Labute approximate surface area is 148 Å². The van der Waals surface area contributed by atoms with Crippen molar-refractivity contribution in [2.24, 2.45) is 0 Å². The summed E-state index contributed by atoms with van der Waals surface area (Å²) in [5.41, 5.74) is -5.65. The third-order valence-electron chi connectivity index (χ3n) is 2.42. The molecule has 0 amide bonds. The first kappa shape index (κ1) is 23.9. The molecule has 0 atom stereocenters. The maximum Gasteiger partial charge on any atom is 0.485 e. The molecule has 0 spiro atoms. The van der Waals surface area contributed by atoms with E-state index in [1.807, 2.05) is 0 Å². The molecule has 1 rings (SSSR count). The highest BCUT2D eigenvalue weighted by atomic mass is 35.7. The average Bonchev–Trinajstić information content (AvgIpc) is 2.35. The van der Waals surface area contributed by atoms with E-state index >= 15 is 0 Å². The summed E-state index contributed by atoms with van der Waals surface area (Å²) in [6, 6.07) is 6.07. The molecule has 0 aromatic heterocycles. The van der Waals surface area contributed by atoms with E-state index in [0.29, 0.717) is 12.4 Å². The third-order valence-corrected chi connectivity index (χ3v) is 4.36. The third kappa shape index (κ3) is 10.5. The molecule has 0 radical (unpaired) electrons. The van der Waals surface area contributed by atoms with Crippen LogP contribution >= 0.6 is 10.7 Å². The van der Waals surface area contributed by atoms with Gasteiger partial charge in [0.15, 0.2) is 10.1 Å². The largest absolute Gasteiger partial charge is 0.741 e. The van der Waals surface area contributed by atoms with Gasteiger partial charge in [-0.1, -0.05) is 0 Å². The molecule has 1 aromatic carbocycles. The van der Waals surface area contributed by atoms with Gasteiger partial charge in [-0.15, -0.1) is 0 Å². The highest BCUT2D eigenvalue weighted by molar-refractivity contribution is 8.13. The van der Waals surface area contributed by atoms with Crippen molar-refractivity contribution in [3.63, 3.8) is 0 Å². The highest BCUT2D eigenvalue weighted by Gasteiger charge is 2.36. The van der Waals surface area contributed by atoms with E-state index in [2.05, 4.69) is 21.1 Å². The Hall–Kier alpha value is -1.08. The van der Waals surface area contributed by atoms with Gasteiger partial charge in [0.05, 0.1) is 26.0 Å². The zero-order valence-electron chi connectivity index (χ0n) is 13.4. The molecule has 0 unspecified atom stereocenters. The lowest BCUT2D eigenvalue weighted by Gasteiger charge is -2.23. The van der Waals surface area contributed by atoms with Gasteiger partial charge in [-0.3, -0.25) is 0 Å². The van der Waals surface area contributed by atoms with E-state index in [4.69, 9.17) is 28.4 Å². The summed E-state index contributed by atoms with van der Waals surface area (Å²) in [7, 11) is 1.69. The van der Waals surface area contributed by atoms with E-state index in [-0.39, 0.29) is 4.90 Å². The Morgan fingerprint density at radius 3 is 1.76 bits per heavy atom. The van der Waals surface area contributed by atoms with Gasteiger partial charge in [0, 0.05) is 10.7 Å². The molecule has 1 aromatic rings. The maximum atomic E-state index is 11.0. The van der Waals surface area contributed by atoms with Crippen LogP contribution in [0.15, 0.2) is 29.2 Å². The van der Waals surface area contributed by atoms with Crippen molar-refractivity contribution in [2.75, 3.05) is 34.3 Å². The molecule has 0 saturated heterocycles. The van der Waals surface area contributed by atoms with Crippen molar-refractivity contribution >= 4 is 29.9 Å². The summed E-state index contributed by atoms with van der Waals surface area (Å²) in [5, 5.41) is 0. The molecule has 25 heavy (non-hydrogen) atoms. The Kier molecular flexibility index (Phi) is 8.17. The molecule has 0 heterocycles. The number of hydrogen-bond donors (Lipinski definition) is 0. The Morgan fingerprint density at radius 2 is 1.48 bits per heavy atom. The van der Waals surface area contributed by atoms with Crippen LogP contribution in [0.2, 0.25) is 0 Å². The number of halogens is 4. The summed E-state index contributed by atoms with van der Waals surface area (Å²) in [6.45, 7) is 1.45. The second kappa shape index (κ2) is 8.54. The molecular formula is C12H17ClF3NO6S2. The van der Waals surface area contributed by atoms with Crippen LogP contribution in [-0.2, 0) is 19.2 Å². The number of rotatable bonds is 5. The number of ether oxygens (including phenoxy) is 1. The Morgan fingerprint density at radius 1 is 1.08 bits per heavy atom. The number of nitrogens with zero attached hydrogens (tertiary/aromatic N) is 1. The number of benzene rings is 1. The zero-order chi connectivity index (χ0) is 20.1. The Balaban J connectivity index is 0.000000609. The minimum absolute atomic E-state index is 0.0816. The van der Waals surface area contributed by atoms with Gasteiger partial charge in [-0.25, -0.2) is 16.8 Å². The smallest absolute Gasteiger partial charge is 0.485 e. The predicted octanol–water partition coefficient (Wildman–Crippen LogP) is 1.75. The molecule has 0 saturated carbocycles. The monoisotopic (exact) mass is 427 g/mol. The van der Waals surface area contributed by atoms with Crippen molar-refractivity contribution in [1.29, 1.82) is 0 Å². The van der Waals surface area contributed by atoms with Crippen LogP contribution in [0, 0.1) is 0 Å². The van der Waals surface area contributed by atoms with E-state index < -0.39 is 24.7 Å². The summed E-state index contributed by atoms with van der Waals surface area (Å²) < 4.78 is 87.2. The van der Waals surface area contributed by atoms with E-state index in [1.165, 1.54) is 12.1 Å².